The van der Waals surface area contributed by atoms with Gasteiger partial charge in [-0.15, -0.1) is 0 Å². The Labute approximate surface area is 222 Å². The number of phenols is 1. The lowest BCUT2D eigenvalue weighted by molar-refractivity contribution is -0.140. The first-order valence-electron chi connectivity index (χ1n) is 12.7. The van der Waals surface area contributed by atoms with E-state index in [1.807, 2.05) is 13.0 Å². The van der Waals surface area contributed by atoms with Gasteiger partial charge in [-0.3, -0.25) is 14.6 Å². The fourth-order valence-corrected chi connectivity index (χ4v) is 4.49. The highest BCUT2D eigenvalue weighted by Crippen LogP contribution is 2.42. The van der Waals surface area contributed by atoms with Gasteiger partial charge in [0.25, 0.3) is 11.7 Å². The Morgan fingerprint density at radius 3 is 2.55 bits per heavy atom. The molecule has 1 fully saturated rings. The Hall–Kier alpha value is -4.33. The zero-order valence-electron chi connectivity index (χ0n) is 21.8. The standard InChI is InChI=1S/C30H32N2O6/c1-4-6-14-38-24-12-10-22(15-19(24)3)28(34)26-27(21-9-11-23(33)25(16-21)37-5-2)32(30(36)29(26)35)18-20-8-7-13-31-17-20/h7-13,15-17,27,33-34H,4-6,14,18H2,1-3H3/t27-/m0/s1. The molecule has 2 aromatic carbocycles. The second-order valence-electron chi connectivity index (χ2n) is 9.13. The van der Waals surface area contributed by atoms with Gasteiger partial charge in [0, 0.05) is 24.5 Å². The molecule has 1 aromatic heterocycles. The number of phenolic OH excluding ortho intramolecular Hbond substituents is 1. The Kier molecular flexibility index (Phi) is 8.31. The van der Waals surface area contributed by atoms with Gasteiger partial charge in [0.15, 0.2) is 11.5 Å². The summed E-state index contributed by atoms with van der Waals surface area (Å²) in [7, 11) is 0. The molecule has 8 nitrogen and oxygen atoms in total. The number of pyridine rings is 1. The van der Waals surface area contributed by atoms with Crippen LogP contribution in [0.2, 0.25) is 0 Å². The largest absolute Gasteiger partial charge is 0.507 e. The van der Waals surface area contributed by atoms with E-state index in [-0.39, 0.29) is 29.4 Å². The summed E-state index contributed by atoms with van der Waals surface area (Å²) in [4.78, 5) is 32.2. The molecule has 0 radical (unpaired) electrons. The van der Waals surface area contributed by atoms with Crippen molar-refractivity contribution in [3.63, 3.8) is 0 Å². The van der Waals surface area contributed by atoms with Gasteiger partial charge in [-0.25, -0.2) is 0 Å². The summed E-state index contributed by atoms with van der Waals surface area (Å²) in [6.45, 7) is 6.75. The topological polar surface area (TPSA) is 109 Å². The lowest BCUT2D eigenvalue weighted by Crippen LogP contribution is -2.29. The molecule has 1 saturated heterocycles. The van der Waals surface area contributed by atoms with Crippen molar-refractivity contribution in [3.8, 4) is 17.2 Å². The summed E-state index contributed by atoms with van der Waals surface area (Å²) in [5, 5.41) is 21.7. The van der Waals surface area contributed by atoms with E-state index in [1.54, 1.807) is 55.7 Å². The van der Waals surface area contributed by atoms with Crippen molar-refractivity contribution in [1.29, 1.82) is 0 Å². The SMILES string of the molecule is CCCCOc1ccc(C(O)=C2C(=O)C(=O)N(Cc3cccnc3)[C@H]2c2ccc(O)c(OCC)c2)cc1C. The van der Waals surface area contributed by atoms with Crippen LogP contribution >= 0.6 is 0 Å². The highest BCUT2D eigenvalue weighted by Gasteiger charge is 2.46. The van der Waals surface area contributed by atoms with E-state index in [1.165, 1.54) is 11.0 Å². The number of hydrogen-bond donors (Lipinski definition) is 2. The number of benzene rings is 2. The van der Waals surface area contributed by atoms with Crippen LogP contribution < -0.4 is 9.47 Å². The number of rotatable bonds is 10. The molecule has 0 unspecified atom stereocenters. The molecule has 0 spiro atoms. The van der Waals surface area contributed by atoms with Crippen LogP contribution in [0, 0.1) is 6.92 Å². The molecule has 4 rings (SSSR count). The number of amides is 1. The van der Waals surface area contributed by atoms with Gasteiger partial charge in [0.05, 0.1) is 24.8 Å². The van der Waals surface area contributed by atoms with E-state index in [9.17, 15) is 19.8 Å². The summed E-state index contributed by atoms with van der Waals surface area (Å²) in [6, 6.07) is 12.5. The molecule has 8 heteroatoms. The van der Waals surface area contributed by atoms with Crippen LogP contribution in [0.15, 0.2) is 66.5 Å². The summed E-state index contributed by atoms with van der Waals surface area (Å²) in [6.07, 6.45) is 5.19. The summed E-state index contributed by atoms with van der Waals surface area (Å²) >= 11 is 0. The molecule has 198 valence electrons. The zero-order valence-corrected chi connectivity index (χ0v) is 21.8. The molecule has 3 aromatic rings. The highest BCUT2D eigenvalue weighted by atomic mass is 16.5. The van der Waals surface area contributed by atoms with Gasteiger partial charge >= 0.3 is 0 Å². The smallest absolute Gasteiger partial charge is 0.295 e. The van der Waals surface area contributed by atoms with Gasteiger partial charge in [-0.05, 0) is 73.4 Å². The van der Waals surface area contributed by atoms with Crippen molar-refractivity contribution in [2.45, 2.75) is 46.2 Å². The second-order valence-corrected chi connectivity index (χ2v) is 9.13. The van der Waals surface area contributed by atoms with Gasteiger partial charge in [-0.2, -0.15) is 0 Å². The number of hydrogen-bond acceptors (Lipinski definition) is 7. The van der Waals surface area contributed by atoms with Crippen LogP contribution in [0.1, 0.15) is 55.0 Å². The van der Waals surface area contributed by atoms with E-state index in [0.717, 1.165) is 24.0 Å². The summed E-state index contributed by atoms with van der Waals surface area (Å²) in [5.74, 6) is -0.943. The molecular weight excluding hydrogens is 484 g/mol. The Balaban J connectivity index is 1.81. The number of carbonyl (C=O) groups is 2. The van der Waals surface area contributed by atoms with Crippen molar-refractivity contribution in [3.05, 3.63) is 88.8 Å². The van der Waals surface area contributed by atoms with Crippen LogP contribution in [0.25, 0.3) is 5.76 Å². The van der Waals surface area contributed by atoms with Crippen LogP contribution in [-0.4, -0.2) is 45.0 Å². The first-order valence-corrected chi connectivity index (χ1v) is 12.7. The molecule has 0 aliphatic carbocycles. The van der Waals surface area contributed by atoms with Gasteiger partial charge in [0.1, 0.15) is 11.5 Å². The lowest BCUT2D eigenvalue weighted by Gasteiger charge is -2.26. The third-order valence-corrected chi connectivity index (χ3v) is 6.42. The number of aliphatic hydroxyl groups is 1. The fourth-order valence-electron chi connectivity index (χ4n) is 4.49. The average molecular weight is 517 g/mol. The molecule has 0 bridgehead atoms. The highest BCUT2D eigenvalue weighted by molar-refractivity contribution is 6.46. The average Bonchev–Trinajstić information content (AvgIpc) is 3.16. The second kappa shape index (κ2) is 11.8. The maximum Gasteiger partial charge on any atom is 0.295 e. The quantitative estimate of drug-likeness (QED) is 0.163. The molecule has 2 heterocycles. The van der Waals surface area contributed by atoms with Crippen LogP contribution in [0.5, 0.6) is 17.2 Å². The number of aromatic hydroxyl groups is 1. The summed E-state index contributed by atoms with van der Waals surface area (Å²) < 4.78 is 11.4. The first-order chi connectivity index (χ1) is 18.3. The number of Topliss-reactive ketones (excluding diaryl/α,β-unsaturated/α-hetero) is 1. The van der Waals surface area contributed by atoms with Crippen molar-refractivity contribution in [2.24, 2.45) is 0 Å². The normalized spacial score (nSPS) is 16.6. The third-order valence-electron chi connectivity index (χ3n) is 6.42. The number of aliphatic hydroxyl groups excluding tert-OH is 1. The van der Waals surface area contributed by atoms with Crippen molar-refractivity contribution < 1.29 is 29.3 Å². The van der Waals surface area contributed by atoms with E-state index in [4.69, 9.17) is 9.47 Å². The minimum absolute atomic E-state index is 0.0360. The number of carbonyl (C=O) groups excluding carboxylic acids is 2. The molecule has 1 amide bonds. The predicted octanol–water partition coefficient (Wildman–Crippen LogP) is 5.30. The van der Waals surface area contributed by atoms with Gasteiger partial charge in [-0.1, -0.05) is 25.5 Å². The fraction of sp³-hybridized carbons (Fsp3) is 0.300. The molecule has 1 aliphatic rings. The Morgan fingerprint density at radius 1 is 1.05 bits per heavy atom. The first kappa shape index (κ1) is 26.7. The monoisotopic (exact) mass is 516 g/mol. The van der Waals surface area contributed by atoms with Gasteiger partial charge in [0.2, 0.25) is 0 Å². The van der Waals surface area contributed by atoms with E-state index >= 15 is 0 Å². The predicted molar refractivity (Wildman–Crippen MR) is 143 cm³/mol. The number of ketones is 1. The van der Waals surface area contributed by atoms with E-state index in [0.29, 0.717) is 30.1 Å². The minimum atomic E-state index is -0.907. The molecule has 2 N–H and O–H groups in total. The molecule has 1 aliphatic heterocycles. The molecule has 1 atom stereocenters. The number of aromatic nitrogens is 1. The van der Waals surface area contributed by atoms with E-state index in [2.05, 4.69) is 11.9 Å². The van der Waals surface area contributed by atoms with Crippen molar-refractivity contribution >= 4 is 17.4 Å². The number of unbranched alkanes of at least 4 members (excludes halogenated alkanes) is 1. The molecule has 38 heavy (non-hydrogen) atoms. The third kappa shape index (κ3) is 5.49. The molecular formula is C30H32N2O6. The minimum Gasteiger partial charge on any atom is -0.507 e. The van der Waals surface area contributed by atoms with E-state index < -0.39 is 17.7 Å². The lowest BCUT2D eigenvalue weighted by atomic mass is 9.94. The van der Waals surface area contributed by atoms with Crippen LogP contribution in [-0.2, 0) is 16.1 Å². The number of aryl methyl sites for hydroxylation is 1. The zero-order chi connectivity index (χ0) is 27.2. The van der Waals surface area contributed by atoms with Crippen LogP contribution in [0.4, 0.5) is 0 Å². The maximum absolute atomic E-state index is 13.4. The number of likely N-dealkylation sites (tertiary alicyclic amines) is 1. The molecule has 0 saturated carbocycles. The number of ether oxygens (including phenoxy) is 2. The van der Waals surface area contributed by atoms with Gasteiger partial charge < -0.3 is 24.6 Å². The number of nitrogens with zero attached hydrogens (tertiary/aromatic N) is 2. The Bertz CT molecular complexity index is 1350. The van der Waals surface area contributed by atoms with Crippen molar-refractivity contribution in [1.82, 2.24) is 9.88 Å². The Morgan fingerprint density at radius 2 is 1.87 bits per heavy atom. The van der Waals surface area contributed by atoms with Crippen LogP contribution in [0.3, 0.4) is 0 Å². The van der Waals surface area contributed by atoms with Crippen molar-refractivity contribution in [2.75, 3.05) is 13.2 Å². The summed E-state index contributed by atoms with van der Waals surface area (Å²) in [5.41, 5.74) is 2.42. The maximum atomic E-state index is 13.4.